The summed E-state index contributed by atoms with van der Waals surface area (Å²) in [6.45, 7) is 0.473. The predicted molar refractivity (Wildman–Crippen MR) is 108 cm³/mol. The average Bonchev–Trinajstić information content (AvgIpc) is 3.17. The summed E-state index contributed by atoms with van der Waals surface area (Å²) in [7, 11) is 4.55. The summed E-state index contributed by atoms with van der Waals surface area (Å²) in [4.78, 5) is 26.9. The molecule has 1 saturated heterocycles. The first-order chi connectivity index (χ1) is 13.5. The van der Waals surface area contributed by atoms with Crippen LogP contribution in [-0.4, -0.2) is 50.8 Å². The van der Waals surface area contributed by atoms with Crippen molar-refractivity contribution in [2.75, 3.05) is 27.9 Å². The Bertz CT molecular complexity index is 885. The van der Waals surface area contributed by atoms with Gasteiger partial charge < -0.3 is 19.1 Å². The van der Waals surface area contributed by atoms with Gasteiger partial charge in [-0.15, -0.1) is 0 Å². The van der Waals surface area contributed by atoms with E-state index in [1.165, 1.54) is 7.11 Å². The lowest BCUT2D eigenvalue weighted by Gasteiger charge is -2.25. The van der Waals surface area contributed by atoms with Crippen molar-refractivity contribution in [2.45, 2.75) is 18.6 Å². The van der Waals surface area contributed by atoms with E-state index in [1.807, 2.05) is 6.07 Å². The van der Waals surface area contributed by atoms with Gasteiger partial charge in [0.15, 0.2) is 0 Å². The Labute approximate surface area is 172 Å². The summed E-state index contributed by atoms with van der Waals surface area (Å²) in [6.07, 6.45) is 0.577. The van der Waals surface area contributed by atoms with Gasteiger partial charge in [0.25, 0.3) is 5.91 Å². The molecule has 0 spiro atoms. The molecule has 1 heterocycles. The van der Waals surface area contributed by atoms with E-state index in [0.717, 1.165) is 10.0 Å². The maximum absolute atomic E-state index is 13.3. The molecule has 1 aliphatic heterocycles. The van der Waals surface area contributed by atoms with E-state index >= 15 is 0 Å². The van der Waals surface area contributed by atoms with E-state index in [4.69, 9.17) is 14.2 Å². The van der Waals surface area contributed by atoms with Gasteiger partial charge in [-0.25, -0.2) is 4.79 Å². The summed E-state index contributed by atoms with van der Waals surface area (Å²) in [5.74, 6) is 0.0788. The number of carbonyl (C=O) groups excluding carboxylic acids is 2. The summed E-state index contributed by atoms with van der Waals surface area (Å²) in [5.41, 5.74) is 1.87. The molecule has 28 heavy (non-hydrogen) atoms. The maximum Gasteiger partial charge on any atom is 0.337 e. The molecular formula is C21H22BrNO5. The molecule has 6 nitrogen and oxygen atoms in total. The third kappa shape index (κ3) is 4.05. The molecule has 7 heteroatoms. The van der Waals surface area contributed by atoms with Gasteiger partial charge in [0.1, 0.15) is 5.75 Å². The molecule has 0 aromatic heterocycles. The van der Waals surface area contributed by atoms with Crippen molar-refractivity contribution in [1.29, 1.82) is 0 Å². The zero-order chi connectivity index (χ0) is 20.3. The lowest BCUT2D eigenvalue weighted by atomic mass is 10.0. The Morgan fingerprint density at radius 2 is 1.86 bits per heavy atom. The van der Waals surface area contributed by atoms with Gasteiger partial charge in [-0.1, -0.05) is 12.1 Å². The minimum absolute atomic E-state index is 0.0759. The van der Waals surface area contributed by atoms with Crippen LogP contribution in [0.4, 0.5) is 0 Å². The van der Waals surface area contributed by atoms with Crippen LogP contribution in [-0.2, 0) is 9.47 Å². The van der Waals surface area contributed by atoms with E-state index in [0.29, 0.717) is 29.8 Å². The molecule has 1 fully saturated rings. The summed E-state index contributed by atoms with van der Waals surface area (Å²) < 4.78 is 16.4. The smallest absolute Gasteiger partial charge is 0.337 e. The molecule has 0 N–H and O–H groups in total. The number of carbonyl (C=O) groups is 2. The zero-order valence-electron chi connectivity index (χ0n) is 16.0. The van der Waals surface area contributed by atoms with Crippen LogP contribution in [0.3, 0.4) is 0 Å². The number of esters is 1. The van der Waals surface area contributed by atoms with Crippen molar-refractivity contribution in [1.82, 2.24) is 4.90 Å². The number of likely N-dealkylation sites (tertiary alicyclic amines) is 1. The van der Waals surface area contributed by atoms with Crippen LogP contribution < -0.4 is 4.74 Å². The van der Waals surface area contributed by atoms with E-state index in [2.05, 4.69) is 15.9 Å². The van der Waals surface area contributed by atoms with Crippen LogP contribution in [0.2, 0.25) is 0 Å². The van der Waals surface area contributed by atoms with Gasteiger partial charge in [0.05, 0.1) is 36.4 Å². The first-order valence-corrected chi connectivity index (χ1v) is 9.63. The first kappa shape index (κ1) is 20.4. The lowest BCUT2D eigenvalue weighted by molar-refractivity contribution is 0.0600. The van der Waals surface area contributed by atoms with E-state index < -0.39 is 5.97 Å². The third-order valence-electron chi connectivity index (χ3n) is 4.95. The Balaban J connectivity index is 1.94. The quantitative estimate of drug-likeness (QED) is 0.651. The summed E-state index contributed by atoms with van der Waals surface area (Å²) in [6, 6.07) is 12.3. The molecule has 0 saturated carbocycles. The van der Waals surface area contributed by atoms with Crippen molar-refractivity contribution < 1.29 is 23.8 Å². The third-order valence-corrected chi connectivity index (χ3v) is 5.60. The first-order valence-electron chi connectivity index (χ1n) is 8.84. The predicted octanol–water partition coefficient (Wildman–Crippen LogP) is 3.85. The molecule has 1 amide bonds. The molecule has 3 rings (SSSR count). The highest BCUT2D eigenvalue weighted by Gasteiger charge is 2.37. The molecule has 0 radical (unpaired) electrons. The number of rotatable bonds is 5. The Kier molecular flexibility index (Phi) is 6.36. The summed E-state index contributed by atoms with van der Waals surface area (Å²) in [5, 5.41) is 0. The second-order valence-corrected chi connectivity index (χ2v) is 7.39. The molecule has 0 bridgehead atoms. The second kappa shape index (κ2) is 8.75. The Morgan fingerprint density at radius 1 is 1.07 bits per heavy atom. The molecule has 148 valence electrons. The van der Waals surface area contributed by atoms with Crippen molar-refractivity contribution >= 4 is 27.8 Å². The highest BCUT2D eigenvalue weighted by Crippen LogP contribution is 2.36. The van der Waals surface area contributed by atoms with Crippen molar-refractivity contribution in [2.24, 2.45) is 0 Å². The second-order valence-electron chi connectivity index (χ2n) is 6.53. The zero-order valence-corrected chi connectivity index (χ0v) is 17.6. The molecule has 0 aliphatic carbocycles. The largest absolute Gasteiger partial charge is 0.496 e. The normalized spacial score (nSPS) is 18.8. The van der Waals surface area contributed by atoms with Gasteiger partial charge in [-0.2, -0.15) is 0 Å². The summed E-state index contributed by atoms with van der Waals surface area (Å²) >= 11 is 3.41. The number of hydrogen-bond acceptors (Lipinski definition) is 5. The van der Waals surface area contributed by atoms with Crippen LogP contribution in [0.1, 0.15) is 38.7 Å². The number of amides is 1. The number of ether oxygens (including phenoxy) is 3. The highest BCUT2D eigenvalue weighted by molar-refractivity contribution is 9.10. The van der Waals surface area contributed by atoms with Crippen molar-refractivity contribution in [3.63, 3.8) is 0 Å². The molecule has 1 aliphatic rings. The number of hydrogen-bond donors (Lipinski definition) is 0. The fourth-order valence-corrected chi connectivity index (χ4v) is 3.87. The Hall–Kier alpha value is -2.38. The van der Waals surface area contributed by atoms with Gasteiger partial charge in [0.2, 0.25) is 0 Å². The molecular weight excluding hydrogens is 426 g/mol. The maximum atomic E-state index is 13.3. The molecule has 2 atom stereocenters. The van der Waals surface area contributed by atoms with Crippen LogP contribution in [0.25, 0.3) is 0 Å². The standard InChI is InChI=1S/C21H22BrNO5/c1-26-16-11-18(13-5-4-6-15(9-13)21(25)28-3)23(12-16)20(24)14-7-8-17(22)19(10-14)27-2/h4-10,16,18H,11-12H2,1-3H3. The topological polar surface area (TPSA) is 65.1 Å². The van der Waals surface area contributed by atoms with Gasteiger partial charge >= 0.3 is 5.97 Å². The fraction of sp³-hybridized carbons (Fsp3) is 0.333. The van der Waals surface area contributed by atoms with Gasteiger partial charge in [-0.3, -0.25) is 4.79 Å². The monoisotopic (exact) mass is 447 g/mol. The van der Waals surface area contributed by atoms with Gasteiger partial charge in [-0.05, 0) is 58.2 Å². The number of methoxy groups -OCH3 is 3. The van der Waals surface area contributed by atoms with Crippen LogP contribution in [0, 0.1) is 0 Å². The van der Waals surface area contributed by atoms with Crippen LogP contribution >= 0.6 is 15.9 Å². The van der Waals surface area contributed by atoms with Crippen molar-refractivity contribution in [3.05, 3.63) is 63.6 Å². The fourth-order valence-electron chi connectivity index (χ4n) is 3.46. The van der Waals surface area contributed by atoms with Gasteiger partial charge in [0, 0.05) is 19.2 Å². The van der Waals surface area contributed by atoms with E-state index in [1.54, 1.807) is 55.5 Å². The van der Waals surface area contributed by atoms with Crippen LogP contribution in [0.15, 0.2) is 46.9 Å². The van der Waals surface area contributed by atoms with E-state index in [-0.39, 0.29) is 18.1 Å². The molecule has 2 aromatic carbocycles. The van der Waals surface area contributed by atoms with Crippen molar-refractivity contribution in [3.8, 4) is 5.75 Å². The number of benzene rings is 2. The average molecular weight is 448 g/mol. The lowest BCUT2D eigenvalue weighted by Crippen LogP contribution is -2.32. The van der Waals surface area contributed by atoms with Crippen LogP contribution in [0.5, 0.6) is 5.75 Å². The number of nitrogens with zero attached hydrogens (tertiary/aromatic N) is 1. The molecule has 2 unspecified atom stereocenters. The minimum atomic E-state index is -0.404. The molecule has 2 aromatic rings. The number of halogens is 1. The SMILES string of the molecule is COC(=O)c1cccc(C2CC(OC)CN2C(=O)c2ccc(Br)c(OC)c2)c1. The highest BCUT2D eigenvalue weighted by atomic mass is 79.9. The van der Waals surface area contributed by atoms with E-state index in [9.17, 15) is 9.59 Å². The Morgan fingerprint density at radius 3 is 2.54 bits per heavy atom. The minimum Gasteiger partial charge on any atom is -0.496 e.